The van der Waals surface area contributed by atoms with Gasteiger partial charge in [0.1, 0.15) is 5.75 Å². The Morgan fingerprint density at radius 3 is 3.05 bits per heavy atom. The molecule has 2 aliphatic rings. The Morgan fingerprint density at radius 1 is 1.26 bits per heavy atom. The summed E-state index contributed by atoms with van der Waals surface area (Å²) in [5.74, 6) is 1.05. The summed E-state index contributed by atoms with van der Waals surface area (Å²) >= 11 is 0. The molecule has 2 unspecified atom stereocenters. The van der Waals surface area contributed by atoms with Crippen LogP contribution in [0.4, 0.5) is 0 Å². The third kappa shape index (κ3) is 3.10. The van der Waals surface area contributed by atoms with Crippen molar-refractivity contribution < 1.29 is 9.47 Å². The third-order valence-corrected chi connectivity index (χ3v) is 4.23. The van der Waals surface area contributed by atoms with Crippen LogP contribution in [0.1, 0.15) is 36.8 Å². The van der Waals surface area contributed by atoms with Gasteiger partial charge in [0.15, 0.2) is 0 Å². The van der Waals surface area contributed by atoms with E-state index in [4.69, 9.17) is 15.2 Å². The third-order valence-electron chi connectivity index (χ3n) is 4.23. The highest BCUT2D eigenvalue weighted by molar-refractivity contribution is 5.39. The topological polar surface area (TPSA) is 44.5 Å². The van der Waals surface area contributed by atoms with Gasteiger partial charge in [-0.1, -0.05) is 25.0 Å². The molecule has 2 atom stereocenters. The standard InChI is InChI=1S/C16H23NO2/c17-14-3-1-2-4-16(14)19-9-7-12-5-6-15-13(11-12)8-10-18-15/h5-6,11,14,16H,1-4,7-10,17H2. The Labute approximate surface area is 115 Å². The van der Waals surface area contributed by atoms with Crippen LogP contribution in [0, 0.1) is 0 Å². The fraction of sp³-hybridized carbons (Fsp3) is 0.625. The van der Waals surface area contributed by atoms with Crippen molar-refractivity contribution >= 4 is 0 Å². The minimum absolute atomic E-state index is 0.238. The van der Waals surface area contributed by atoms with Gasteiger partial charge in [0.25, 0.3) is 0 Å². The van der Waals surface area contributed by atoms with E-state index >= 15 is 0 Å². The van der Waals surface area contributed by atoms with Crippen molar-refractivity contribution in [2.24, 2.45) is 5.73 Å². The lowest BCUT2D eigenvalue weighted by atomic mass is 9.93. The number of rotatable bonds is 4. The van der Waals surface area contributed by atoms with Crippen LogP contribution in [0.3, 0.4) is 0 Å². The molecule has 104 valence electrons. The van der Waals surface area contributed by atoms with Gasteiger partial charge < -0.3 is 15.2 Å². The summed E-state index contributed by atoms with van der Waals surface area (Å²) in [7, 11) is 0. The number of hydrogen-bond acceptors (Lipinski definition) is 3. The Morgan fingerprint density at radius 2 is 2.16 bits per heavy atom. The van der Waals surface area contributed by atoms with Crippen molar-refractivity contribution in [2.75, 3.05) is 13.2 Å². The van der Waals surface area contributed by atoms with Gasteiger partial charge in [0, 0.05) is 12.5 Å². The predicted molar refractivity (Wildman–Crippen MR) is 75.5 cm³/mol. The molecule has 0 spiro atoms. The smallest absolute Gasteiger partial charge is 0.122 e. The first-order chi connectivity index (χ1) is 9.33. The second-order valence-corrected chi connectivity index (χ2v) is 5.65. The summed E-state index contributed by atoms with van der Waals surface area (Å²) in [5, 5.41) is 0. The van der Waals surface area contributed by atoms with Gasteiger partial charge in [0.2, 0.25) is 0 Å². The van der Waals surface area contributed by atoms with Crippen molar-refractivity contribution in [3.63, 3.8) is 0 Å². The van der Waals surface area contributed by atoms with Crippen molar-refractivity contribution in [2.45, 2.75) is 50.7 Å². The summed E-state index contributed by atoms with van der Waals surface area (Å²) in [6.07, 6.45) is 7.03. The monoisotopic (exact) mass is 261 g/mol. The second kappa shape index (κ2) is 5.93. The largest absolute Gasteiger partial charge is 0.493 e. The molecule has 3 rings (SSSR count). The maximum atomic E-state index is 6.09. The molecule has 1 heterocycles. The highest BCUT2D eigenvalue weighted by Crippen LogP contribution is 2.26. The molecule has 3 nitrogen and oxygen atoms in total. The van der Waals surface area contributed by atoms with Gasteiger partial charge in [-0.15, -0.1) is 0 Å². The molecule has 0 saturated heterocycles. The molecule has 1 aliphatic heterocycles. The van der Waals surface area contributed by atoms with E-state index in [0.717, 1.165) is 44.6 Å². The molecule has 0 radical (unpaired) electrons. The number of hydrogen-bond donors (Lipinski definition) is 1. The average molecular weight is 261 g/mol. The molecule has 1 saturated carbocycles. The maximum absolute atomic E-state index is 6.09. The van der Waals surface area contributed by atoms with Crippen LogP contribution in [0.25, 0.3) is 0 Å². The lowest BCUT2D eigenvalue weighted by molar-refractivity contribution is 0.0169. The lowest BCUT2D eigenvalue weighted by Gasteiger charge is -2.28. The van der Waals surface area contributed by atoms with E-state index in [-0.39, 0.29) is 12.1 Å². The molecule has 1 aromatic rings. The fourth-order valence-corrected chi connectivity index (χ4v) is 3.06. The lowest BCUT2D eigenvalue weighted by Crippen LogP contribution is -2.39. The number of fused-ring (bicyclic) bond motifs is 1. The fourth-order valence-electron chi connectivity index (χ4n) is 3.06. The molecule has 19 heavy (non-hydrogen) atoms. The van der Waals surface area contributed by atoms with E-state index in [9.17, 15) is 0 Å². The van der Waals surface area contributed by atoms with E-state index in [0.29, 0.717) is 0 Å². The first-order valence-corrected chi connectivity index (χ1v) is 7.45. The Hall–Kier alpha value is -1.06. The molecule has 0 bridgehead atoms. The molecule has 0 aromatic heterocycles. The summed E-state index contributed by atoms with van der Waals surface area (Å²) in [6.45, 7) is 1.60. The zero-order valence-electron chi connectivity index (χ0n) is 11.4. The van der Waals surface area contributed by atoms with Gasteiger partial charge in [-0.05, 0) is 36.5 Å². The van der Waals surface area contributed by atoms with E-state index in [2.05, 4.69) is 18.2 Å². The molecular weight excluding hydrogens is 238 g/mol. The Bertz CT molecular complexity index is 433. The highest BCUT2D eigenvalue weighted by atomic mass is 16.5. The van der Waals surface area contributed by atoms with Gasteiger partial charge >= 0.3 is 0 Å². The van der Waals surface area contributed by atoms with Crippen LogP contribution in [0.5, 0.6) is 5.75 Å². The van der Waals surface area contributed by atoms with Crippen LogP contribution in [-0.2, 0) is 17.6 Å². The number of benzene rings is 1. The van der Waals surface area contributed by atoms with Crippen LogP contribution in [-0.4, -0.2) is 25.4 Å². The normalized spacial score (nSPS) is 25.9. The minimum atomic E-state index is 0.238. The summed E-state index contributed by atoms with van der Waals surface area (Å²) in [5.41, 5.74) is 8.77. The van der Waals surface area contributed by atoms with Crippen molar-refractivity contribution in [3.05, 3.63) is 29.3 Å². The average Bonchev–Trinajstić information content (AvgIpc) is 2.88. The first-order valence-electron chi connectivity index (χ1n) is 7.45. The van der Waals surface area contributed by atoms with Gasteiger partial charge in [-0.2, -0.15) is 0 Å². The zero-order chi connectivity index (χ0) is 13.1. The molecule has 3 heteroatoms. The maximum Gasteiger partial charge on any atom is 0.122 e. The number of ether oxygens (including phenoxy) is 2. The second-order valence-electron chi connectivity index (χ2n) is 5.65. The molecular formula is C16H23NO2. The molecule has 1 fully saturated rings. The van der Waals surface area contributed by atoms with Crippen LogP contribution in [0.2, 0.25) is 0 Å². The van der Waals surface area contributed by atoms with E-state index in [1.165, 1.54) is 24.0 Å². The SMILES string of the molecule is NC1CCCCC1OCCc1ccc2c(c1)CCO2. The summed E-state index contributed by atoms with van der Waals surface area (Å²) in [6, 6.07) is 6.73. The molecule has 1 aromatic carbocycles. The van der Waals surface area contributed by atoms with Crippen molar-refractivity contribution in [1.82, 2.24) is 0 Å². The van der Waals surface area contributed by atoms with Crippen molar-refractivity contribution in [1.29, 1.82) is 0 Å². The van der Waals surface area contributed by atoms with E-state index in [1.807, 2.05) is 0 Å². The zero-order valence-corrected chi connectivity index (χ0v) is 11.4. The quantitative estimate of drug-likeness (QED) is 0.905. The molecule has 2 N–H and O–H groups in total. The van der Waals surface area contributed by atoms with Crippen LogP contribution < -0.4 is 10.5 Å². The van der Waals surface area contributed by atoms with Crippen molar-refractivity contribution in [3.8, 4) is 5.75 Å². The number of nitrogens with two attached hydrogens (primary N) is 1. The highest BCUT2D eigenvalue weighted by Gasteiger charge is 2.22. The molecule has 0 amide bonds. The Kier molecular flexibility index (Phi) is 4.04. The van der Waals surface area contributed by atoms with Crippen LogP contribution >= 0.6 is 0 Å². The van der Waals surface area contributed by atoms with Crippen LogP contribution in [0.15, 0.2) is 18.2 Å². The summed E-state index contributed by atoms with van der Waals surface area (Å²) in [4.78, 5) is 0. The van der Waals surface area contributed by atoms with E-state index in [1.54, 1.807) is 0 Å². The first kappa shape index (κ1) is 12.9. The predicted octanol–water partition coefficient (Wildman–Crippen LogP) is 2.45. The van der Waals surface area contributed by atoms with Gasteiger partial charge in [-0.25, -0.2) is 0 Å². The summed E-state index contributed by atoms with van der Waals surface area (Å²) < 4.78 is 11.5. The Balaban J connectivity index is 1.49. The van der Waals surface area contributed by atoms with E-state index < -0.39 is 0 Å². The van der Waals surface area contributed by atoms with Gasteiger partial charge in [0.05, 0.1) is 19.3 Å². The van der Waals surface area contributed by atoms with Gasteiger partial charge in [-0.3, -0.25) is 0 Å². The minimum Gasteiger partial charge on any atom is -0.493 e. The molecule has 1 aliphatic carbocycles.